The van der Waals surface area contributed by atoms with Crippen molar-refractivity contribution in [3.05, 3.63) is 63.7 Å². The number of hydrogen-bond donors (Lipinski definition) is 2. The van der Waals surface area contributed by atoms with E-state index < -0.39 is 17.7 Å². The lowest BCUT2D eigenvalue weighted by molar-refractivity contribution is -0.139. The Kier molecular flexibility index (Phi) is 6.56. The molecule has 32 heavy (non-hydrogen) atoms. The smallest absolute Gasteiger partial charge is 0.295 e. The van der Waals surface area contributed by atoms with Gasteiger partial charge in [0.05, 0.1) is 23.7 Å². The fourth-order valence-corrected chi connectivity index (χ4v) is 4.18. The van der Waals surface area contributed by atoms with E-state index in [1.54, 1.807) is 31.4 Å². The van der Waals surface area contributed by atoms with Crippen molar-refractivity contribution < 1.29 is 24.5 Å². The van der Waals surface area contributed by atoms with Crippen molar-refractivity contribution in [2.24, 2.45) is 0 Å². The first kappa shape index (κ1) is 23.7. The summed E-state index contributed by atoms with van der Waals surface area (Å²) < 4.78 is 5.47. The van der Waals surface area contributed by atoms with Crippen molar-refractivity contribution in [2.45, 2.75) is 45.6 Å². The average Bonchev–Trinajstić information content (AvgIpc) is 2.99. The van der Waals surface area contributed by atoms with E-state index in [1.165, 1.54) is 17.0 Å². The van der Waals surface area contributed by atoms with Gasteiger partial charge in [0.1, 0.15) is 17.3 Å². The number of ketones is 1. The van der Waals surface area contributed by atoms with Crippen LogP contribution < -0.4 is 4.74 Å². The molecule has 1 amide bonds. The molecule has 7 heteroatoms. The first-order valence-electron chi connectivity index (χ1n) is 10.5. The number of phenolic OH excluding ortho intramolecular Hbond substituents is 1. The second kappa shape index (κ2) is 8.87. The number of aromatic hydroxyl groups is 1. The van der Waals surface area contributed by atoms with Gasteiger partial charge in [0.25, 0.3) is 11.7 Å². The predicted molar refractivity (Wildman–Crippen MR) is 124 cm³/mol. The van der Waals surface area contributed by atoms with Gasteiger partial charge in [0.2, 0.25) is 0 Å². The zero-order chi connectivity index (χ0) is 23.8. The van der Waals surface area contributed by atoms with Crippen LogP contribution in [0.3, 0.4) is 0 Å². The lowest BCUT2D eigenvalue weighted by Crippen LogP contribution is -2.30. The van der Waals surface area contributed by atoms with Gasteiger partial charge in [-0.05, 0) is 47.7 Å². The summed E-state index contributed by atoms with van der Waals surface area (Å²) >= 11 is 6.11. The molecule has 0 aromatic heterocycles. The monoisotopic (exact) mass is 457 g/mol. The standard InChI is InChI=1S/C25H28ClNO5/c1-6-11-27-21(14-7-9-18(28)17(26)13-14)20(23(30)24(27)31)22(29)15-8-10-19(32-5)16(12-15)25(2,3)4/h7-10,12-13,21,28-29H,6,11H2,1-5H3/b22-20-. The van der Waals surface area contributed by atoms with Crippen LogP contribution >= 0.6 is 11.6 Å². The van der Waals surface area contributed by atoms with E-state index in [-0.39, 0.29) is 27.5 Å². The van der Waals surface area contributed by atoms with Gasteiger partial charge >= 0.3 is 0 Å². The zero-order valence-electron chi connectivity index (χ0n) is 18.9. The third-order valence-corrected chi connectivity index (χ3v) is 5.88. The van der Waals surface area contributed by atoms with Crippen LogP contribution in [-0.4, -0.2) is 40.5 Å². The lowest BCUT2D eigenvalue weighted by atomic mass is 9.84. The molecule has 1 fully saturated rings. The number of likely N-dealkylation sites (tertiary alicyclic amines) is 1. The molecule has 2 aromatic rings. The van der Waals surface area contributed by atoms with Crippen LogP contribution in [0.1, 0.15) is 56.8 Å². The van der Waals surface area contributed by atoms with E-state index in [4.69, 9.17) is 16.3 Å². The molecule has 1 atom stereocenters. The topological polar surface area (TPSA) is 87.1 Å². The molecule has 3 rings (SSSR count). The Morgan fingerprint density at radius 1 is 1.16 bits per heavy atom. The number of halogens is 1. The number of aliphatic hydroxyl groups is 1. The summed E-state index contributed by atoms with van der Waals surface area (Å²) in [5.41, 5.74) is 1.53. The highest BCUT2D eigenvalue weighted by atomic mass is 35.5. The van der Waals surface area contributed by atoms with Crippen molar-refractivity contribution >= 4 is 29.1 Å². The number of carbonyl (C=O) groups excluding carboxylic acids is 2. The molecule has 1 aliphatic rings. The molecule has 0 bridgehead atoms. The van der Waals surface area contributed by atoms with Crippen molar-refractivity contribution in [2.75, 3.05) is 13.7 Å². The van der Waals surface area contributed by atoms with Gasteiger partial charge in [0.15, 0.2) is 0 Å². The minimum Gasteiger partial charge on any atom is -0.507 e. The Morgan fingerprint density at radius 2 is 1.84 bits per heavy atom. The van der Waals surface area contributed by atoms with Gasteiger partial charge < -0.3 is 19.8 Å². The predicted octanol–water partition coefficient (Wildman–Crippen LogP) is 5.18. The fourth-order valence-electron chi connectivity index (χ4n) is 3.99. The molecule has 0 radical (unpaired) electrons. The van der Waals surface area contributed by atoms with Gasteiger partial charge in [-0.25, -0.2) is 0 Å². The van der Waals surface area contributed by atoms with E-state index in [0.29, 0.717) is 29.8 Å². The number of amides is 1. The van der Waals surface area contributed by atoms with Gasteiger partial charge in [-0.15, -0.1) is 0 Å². The van der Waals surface area contributed by atoms with Crippen LogP contribution in [0.4, 0.5) is 0 Å². The molecule has 0 spiro atoms. The number of rotatable bonds is 5. The van der Waals surface area contributed by atoms with Gasteiger partial charge in [0, 0.05) is 17.7 Å². The molecule has 6 nitrogen and oxygen atoms in total. The summed E-state index contributed by atoms with van der Waals surface area (Å²) in [6, 6.07) is 8.90. The highest BCUT2D eigenvalue weighted by Crippen LogP contribution is 2.42. The van der Waals surface area contributed by atoms with Crippen LogP contribution in [-0.2, 0) is 15.0 Å². The number of ether oxygens (including phenoxy) is 1. The number of Topliss-reactive ketones (excluding diaryl/α,β-unsaturated/α-hetero) is 1. The van der Waals surface area contributed by atoms with Crippen LogP contribution in [0, 0.1) is 0 Å². The maximum Gasteiger partial charge on any atom is 0.295 e. The Hall–Kier alpha value is -2.99. The van der Waals surface area contributed by atoms with Crippen LogP contribution in [0.2, 0.25) is 5.02 Å². The molecule has 1 heterocycles. The number of methoxy groups -OCH3 is 1. The molecule has 0 saturated carbocycles. The summed E-state index contributed by atoms with van der Waals surface area (Å²) in [7, 11) is 1.58. The third-order valence-electron chi connectivity index (χ3n) is 5.57. The zero-order valence-corrected chi connectivity index (χ0v) is 19.7. The molecule has 1 unspecified atom stereocenters. The van der Waals surface area contributed by atoms with Crippen molar-refractivity contribution in [3.8, 4) is 11.5 Å². The third kappa shape index (κ3) is 4.19. The summed E-state index contributed by atoms with van der Waals surface area (Å²) in [5, 5.41) is 21.2. The maximum atomic E-state index is 13.0. The van der Waals surface area contributed by atoms with Crippen LogP contribution in [0.25, 0.3) is 5.76 Å². The number of aliphatic hydroxyl groups excluding tert-OH is 1. The van der Waals surface area contributed by atoms with E-state index in [2.05, 4.69) is 0 Å². The molecule has 170 valence electrons. The number of phenols is 1. The SMILES string of the molecule is CCCN1C(=O)C(=O)/C(=C(\O)c2ccc(OC)c(C(C)(C)C)c2)C1c1ccc(O)c(Cl)c1. The number of hydrogen-bond acceptors (Lipinski definition) is 5. The first-order chi connectivity index (χ1) is 15.0. The van der Waals surface area contributed by atoms with E-state index in [1.807, 2.05) is 27.7 Å². The summed E-state index contributed by atoms with van der Waals surface area (Å²) in [4.78, 5) is 27.3. The Labute approximate surface area is 193 Å². The van der Waals surface area contributed by atoms with Crippen molar-refractivity contribution in [1.82, 2.24) is 4.90 Å². The average molecular weight is 458 g/mol. The number of carbonyl (C=O) groups is 2. The normalized spacial score (nSPS) is 18.3. The molecular formula is C25H28ClNO5. The number of nitrogens with zero attached hydrogens (tertiary/aromatic N) is 1. The highest BCUT2D eigenvalue weighted by molar-refractivity contribution is 6.46. The van der Waals surface area contributed by atoms with Crippen molar-refractivity contribution in [1.29, 1.82) is 0 Å². The van der Waals surface area contributed by atoms with Crippen molar-refractivity contribution in [3.63, 3.8) is 0 Å². The quantitative estimate of drug-likeness (QED) is 0.367. The fraction of sp³-hybridized carbons (Fsp3) is 0.360. The molecule has 1 aliphatic heterocycles. The molecule has 1 saturated heterocycles. The summed E-state index contributed by atoms with van der Waals surface area (Å²) in [5.74, 6) is -1.12. The molecular weight excluding hydrogens is 430 g/mol. The van der Waals surface area contributed by atoms with E-state index in [9.17, 15) is 19.8 Å². The summed E-state index contributed by atoms with van der Waals surface area (Å²) in [6.07, 6.45) is 0.631. The van der Waals surface area contributed by atoms with Crippen LogP contribution in [0.5, 0.6) is 11.5 Å². The number of benzene rings is 2. The van der Waals surface area contributed by atoms with E-state index in [0.717, 1.165) is 5.56 Å². The Morgan fingerprint density at radius 3 is 2.41 bits per heavy atom. The first-order valence-corrected chi connectivity index (χ1v) is 10.8. The van der Waals surface area contributed by atoms with Gasteiger partial charge in [-0.3, -0.25) is 9.59 Å². The van der Waals surface area contributed by atoms with Gasteiger partial charge in [-0.1, -0.05) is 45.4 Å². The largest absolute Gasteiger partial charge is 0.507 e. The second-order valence-corrected chi connectivity index (χ2v) is 9.28. The highest BCUT2D eigenvalue weighted by Gasteiger charge is 2.45. The summed E-state index contributed by atoms with van der Waals surface area (Å²) in [6.45, 7) is 8.30. The minimum atomic E-state index is -0.812. The molecule has 2 N–H and O–H groups in total. The molecule has 0 aliphatic carbocycles. The second-order valence-electron chi connectivity index (χ2n) is 8.87. The van der Waals surface area contributed by atoms with Crippen LogP contribution in [0.15, 0.2) is 42.0 Å². The maximum absolute atomic E-state index is 13.0. The lowest BCUT2D eigenvalue weighted by Gasteiger charge is -2.25. The van der Waals surface area contributed by atoms with Gasteiger partial charge in [-0.2, -0.15) is 0 Å². The molecule has 2 aromatic carbocycles. The van der Waals surface area contributed by atoms with E-state index >= 15 is 0 Å². The minimum absolute atomic E-state index is 0.00441. The Bertz CT molecular complexity index is 1100. The Balaban J connectivity index is 2.24.